The number of aliphatic hydroxyl groups is 1. The molecule has 2 bridgehead atoms. The Morgan fingerprint density at radius 3 is 2.71 bits per heavy atom. The first kappa shape index (κ1) is 14.5. The minimum atomic E-state index is -0.00968. The van der Waals surface area contributed by atoms with Gasteiger partial charge in [-0.05, 0) is 38.2 Å². The molecule has 2 aliphatic rings. The Morgan fingerprint density at radius 1 is 1.29 bits per heavy atom. The lowest BCUT2D eigenvalue weighted by Crippen LogP contribution is -2.41. The second-order valence-corrected chi connectivity index (χ2v) is 6.10. The van der Waals surface area contributed by atoms with Gasteiger partial charge in [0.1, 0.15) is 0 Å². The molecule has 0 radical (unpaired) electrons. The Kier molecular flexibility index (Phi) is 4.22. The number of carbonyl (C=O) groups excluding carboxylic acids is 1. The molecule has 3 rings (SSSR count). The summed E-state index contributed by atoms with van der Waals surface area (Å²) in [5, 5.41) is 9.97. The molecule has 0 aromatic heterocycles. The van der Waals surface area contributed by atoms with Crippen LogP contribution in [-0.4, -0.2) is 34.5 Å². The van der Waals surface area contributed by atoms with E-state index in [1.807, 2.05) is 18.2 Å². The van der Waals surface area contributed by atoms with Gasteiger partial charge in [-0.3, -0.25) is 9.69 Å². The van der Waals surface area contributed by atoms with Gasteiger partial charge in [-0.1, -0.05) is 36.4 Å². The van der Waals surface area contributed by atoms with Gasteiger partial charge >= 0.3 is 0 Å². The summed E-state index contributed by atoms with van der Waals surface area (Å²) in [6.45, 7) is 1.77. The minimum Gasteiger partial charge on any atom is -0.394 e. The predicted octanol–water partition coefficient (Wildman–Crippen LogP) is 2.86. The number of hydrogen-bond donors (Lipinski definition) is 1. The van der Waals surface area contributed by atoms with Crippen LogP contribution in [0.15, 0.2) is 42.0 Å². The number of benzene rings is 1. The van der Waals surface area contributed by atoms with Crippen molar-refractivity contribution in [2.75, 3.05) is 6.61 Å². The van der Waals surface area contributed by atoms with E-state index in [9.17, 15) is 9.90 Å². The lowest BCUT2D eigenvalue weighted by molar-refractivity contribution is -0.114. The third-order valence-corrected chi connectivity index (χ3v) is 4.90. The maximum atomic E-state index is 12.0. The molecule has 3 heteroatoms. The largest absolute Gasteiger partial charge is 0.394 e. The first-order chi connectivity index (χ1) is 10.2. The first-order valence-corrected chi connectivity index (χ1v) is 7.86. The van der Waals surface area contributed by atoms with Crippen molar-refractivity contribution >= 4 is 5.78 Å². The molecule has 0 unspecified atom stereocenters. The van der Waals surface area contributed by atoms with E-state index >= 15 is 0 Å². The molecule has 0 amide bonds. The average molecular weight is 285 g/mol. The molecular weight excluding hydrogens is 262 g/mol. The lowest BCUT2D eigenvalue weighted by Gasteiger charge is -2.36. The number of allylic oxidation sites excluding steroid dienone is 1. The summed E-state index contributed by atoms with van der Waals surface area (Å²) in [6, 6.07) is 10.8. The van der Waals surface area contributed by atoms with Crippen LogP contribution in [0.3, 0.4) is 0 Å². The van der Waals surface area contributed by atoms with Gasteiger partial charge < -0.3 is 5.11 Å². The Bertz CT molecular complexity index is 537. The number of hydrogen-bond acceptors (Lipinski definition) is 3. The topological polar surface area (TPSA) is 40.5 Å². The highest BCUT2D eigenvalue weighted by molar-refractivity contribution is 5.94. The van der Waals surface area contributed by atoms with E-state index in [0.29, 0.717) is 6.04 Å². The summed E-state index contributed by atoms with van der Waals surface area (Å²) in [5.74, 6) is 0.178. The SMILES string of the molecule is CC(=O)C1=CCC[C@H]2CC[C@@H]1N2[C@@H](CO)c1ccccc1. The van der Waals surface area contributed by atoms with Gasteiger partial charge in [-0.2, -0.15) is 0 Å². The molecule has 0 saturated carbocycles. The maximum Gasteiger partial charge on any atom is 0.157 e. The highest BCUT2D eigenvalue weighted by Gasteiger charge is 2.41. The molecule has 1 aromatic rings. The van der Waals surface area contributed by atoms with Crippen molar-refractivity contribution in [1.29, 1.82) is 0 Å². The number of Topliss-reactive ketones (excluding diaryl/α,β-unsaturated/α-hetero) is 1. The fourth-order valence-corrected chi connectivity index (χ4v) is 3.98. The lowest BCUT2D eigenvalue weighted by atomic mass is 9.97. The Labute approximate surface area is 126 Å². The van der Waals surface area contributed by atoms with Crippen LogP contribution in [0, 0.1) is 0 Å². The van der Waals surface area contributed by atoms with Crippen LogP contribution < -0.4 is 0 Å². The van der Waals surface area contributed by atoms with Crippen molar-refractivity contribution in [3.63, 3.8) is 0 Å². The molecule has 1 aromatic carbocycles. The van der Waals surface area contributed by atoms with Crippen molar-refractivity contribution in [1.82, 2.24) is 4.90 Å². The van der Waals surface area contributed by atoms with Crippen molar-refractivity contribution in [3.05, 3.63) is 47.5 Å². The molecule has 0 spiro atoms. The van der Waals surface area contributed by atoms with Gasteiger partial charge in [0.05, 0.1) is 12.6 Å². The van der Waals surface area contributed by atoms with E-state index in [1.54, 1.807) is 6.92 Å². The van der Waals surface area contributed by atoms with E-state index in [4.69, 9.17) is 0 Å². The van der Waals surface area contributed by atoms with E-state index in [0.717, 1.165) is 36.8 Å². The van der Waals surface area contributed by atoms with Crippen LogP contribution in [-0.2, 0) is 4.79 Å². The zero-order valence-corrected chi connectivity index (χ0v) is 12.5. The summed E-state index contributed by atoms with van der Waals surface area (Å²) < 4.78 is 0. The van der Waals surface area contributed by atoms with Gasteiger partial charge in [0.15, 0.2) is 5.78 Å². The highest BCUT2D eigenvalue weighted by atomic mass is 16.3. The Balaban J connectivity index is 1.96. The molecule has 3 nitrogen and oxygen atoms in total. The van der Waals surface area contributed by atoms with Crippen LogP contribution in [0.5, 0.6) is 0 Å². The van der Waals surface area contributed by atoms with Crippen LogP contribution in [0.4, 0.5) is 0 Å². The fraction of sp³-hybridized carbons (Fsp3) is 0.500. The third-order valence-electron chi connectivity index (χ3n) is 4.90. The highest BCUT2D eigenvalue weighted by Crippen LogP contribution is 2.40. The summed E-state index contributed by atoms with van der Waals surface area (Å²) in [5.41, 5.74) is 2.09. The molecule has 112 valence electrons. The molecule has 1 saturated heterocycles. The number of ketones is 1. The van der Waals surface area contributed by atoms with Gasteiger partial charge in [0.2, 0.25) is 0 Å². The standard InChI is InChI=1S/C18H23NO2/c1-13(21)16-9-5-8-15-10-11-17(16)19(15)18(12-20)14-6-3-2-4-7-14/h2-4,6-7,9,15,17-18,20H,5,8,10-12H2,1H3/t15-,17-,18-/m0/s1. The predicted molar refractivity (Wildman–Crippen MR) is 82.9 cm³/mol. The monoisotopic (exact) mass is 285 g/mol. The first-order valence-electron chi connectivity index (χ1n) is 7.86. The average Bonchev–Trinajstić information content (AvgIpc) is 2.77. The van der Waals surface area contributed by atoms with Crippen molar-refractivity contribution in [2.45, 2.75) is 50.7 Å². The summed E-state index contributed by atoms with van der Waals surface area (Å²) >= 11 is 0. The van der Waals surface area contributed by atoms with Crippen molar-refractivity contribution in [2.24, 2.45) is 0 Å². The summed E-state index contributed by atoms with van der Waals surface area (Å²) in [7, 11) is 0. The molecule has 3 atom stereocenters. The molecule has 21 heavy (non-hydrogen) atoms. The smallest absolute Gasteiger partial charge is 0.157 e. The maximum absolute atomic E-state index is 12.0. The van der Waals surface area contributed by atoms with Crippen molar-refractivity contribution in [3.8, 4) is 0 Å². The number of nitrogens with zero attached hydrogens (tertiary/aromatic N) is 1. The summed E-state index contributed by atoms with van der Waals surface area (Å²) in [6.07, 6.45) is 6.33. The van der Waals surface area contributed by atoms with Crippen LogP contribution >= 0.6 is 0 Å². The number of carbonyl (C=O) groups is 1. The number of aliphatic hydroxyl groups excluding tert-OH is 1. The van der Waals surface area contributed by atoms with E-state index in [-0.39, 0.29) is 24.5 Å². The molecule has 2 heterocycles. The molecule has 2 aliphatic heterocycles. The summed E-state index contributed by atoms with van der Waals surface area (Å²) in [4.78, 5) is 14.4. The molecule has 1 N–H and O–H groups in total. The fourth-order valence-electron chi connectivity index (χ4n) is 3.98. The number of rotatable bonds is 4. The van der Waals surface area contributed by atoms with Gasteiger partial charge in [-0.25, -0.2) is 0 Å². The Hall–Kier alpha value is -1.45. The van der Waals surface area contributed by atoms with E-state index < -0.39 is 0 Å². The van der Waals surface area contributed by atoms with E-state index in [2.05, 4.69) is 23.1 Å². The zero-order chi connectivity index (χ0) is 14.8. The quantitative estimate of drug-likeness (QED) is 0.924. The van der Waals surface area contributed by atoms with Crippen molar-refractivity contribution < 1.29 is 9.90 Å². The second kappa shape index (κ2) is 6.12. The van der Waals surface area contributed by atoms with Crippen LogP contribution in [0.2, 0.25) is 0 Å². The van der Waals surface area contributed by atoms with Gasteiger partial charge in [0, 0.05) is 17.7 Å². The van der Waals surface area contributed by atoms with Crippen LogP contribution in [0.25, 0.3) is 0 Å². The minimum absolute atomic E-state index is 0.00968. The normalized spacial score (nSPS) is 27.0. The van der Waals surface area contributed by atoms with Crippen LogP contribution in [0.1, 0.15) is 44.2 Å². The van der Waals surface area contributed by atoms with Gasteiger partial charge in [-0.15, -0.1) is 0 Å². The van der Waals surface area contributed by atoms with Gasteiger partial charge in [0.25, 0.3) is 0 Å². The van der Waals surface area contributed by atoms with E-state index in [1.165, 1.54) is 0 Å². The number of fused-ring (bicyclic) bond motifs is 2. The molecule has 1 fully saturated rings. The third kappa shape index (κ3) is 2.68. The Morgan fingerprint density at radius 2 is 2.05 bits per heavy atom. The molecular formula is C18H23NO2. The zero-order valence-electron chi connectivity index (χ0n) is 12.5. The second-order valence-electron chi connectivity index (χ2n) is 6.10. The molecule has 0 aliphatic carbocycles.